The van der Waals surface area contributed by atoms with Gasteiger partial charge in [-0.15, -0.1) is 0 Å². The van der Waals surface area contributed by atoms with Crippen molar-refractivity contribution in [3.63, 3.8) is 0 Å². The summed E-state index contributed by atoms with van der Waals surface area (Å²) in [6, 6.07) is 10.6. The van der Waals surface area contributed by atoms with Crippen LogP contribution in [0.1, 0.15) is 94.6 Å². The van der Waals surface area contributed by atoms with Crippen LogP contribution in [0.3, 0.4) is 0 Å². The second-order valence-electron chi connectivity index (χ2n) is 9.36. The van der Waals surface area contributed by atoms with Crippen LogP contribution in [0.5, 0.6) is 0 Å². The molecular weight excluding hydrogens is 389 g/mol. The van der Waals surface area contributed by atoms with E-state index in [2.05, 4.69) is 31.2 Å². The quantitative estimate of drug-likeness (QED) is 0.328. The summed E-state index contributed by atoms with van der Waals surface area (Å²) in [4.78, 5) is 12.7. The number of carbonyl (C=O) groups is 1. The van der Waals surface area contributed by atoms with E-state index >= 15 is 0 Å². The van der Waals surface area contributed by atoms with Crippen molar-refractivity contribution in [1.29, 1.82) is 5.26 Å². The van der Waals surface area contributed by atoms with E-state index in [1.54, 1.807) is 0 Å². The Bertz CT molecular complexity index is 763. The number of allylic oxidation sites excluding steroid dienone is 2. The average molecular weight is 426 g/mol. The van der Waals surface area contributed by atoms with Crippen LogP contribution < -0.4 is 0 Å². The minimum atomic E-state index is -0.689. The van der Waals surface area contributed by atoms with E-state index in [1.165, 1.54) is 29.7 Å². The van der Waals surface area contributed by atoms with Gasteiger partial charge in [0.1, 0.15) is 12.2 Å². The molecule has 1 aromatic rings. The van der Waals surface area contributed by atoms with Gasteiger partial charge in [0.05, 0.1) is 5.92 Å². The lowest BCUT2D eigenvalue weighted by molar-refractivity contribution is -0.157. The summed E-state index contributed by atoms with van der Waals surface area (Å²) in [5, 5.41) is 8.46. The standard InChI is InChI=1S/C27H36FNO2/c1-2-4-20-7-11-22(12-8-20)23-13-15-24(16-14-23)27(30)31-26-17-9-21(10-18-26)5-3-6-25(28)19-29/h6-8,11-12,21,23-24,26H,2-5,9-10,13-18H2,1H3/b25-6+. The Kier molecular flexibility index (Phi) is 9.13. The Morgan fingerprint density at radius 2 is 1.77 bits per heavy atom. The fourth-order valence-corrected chi connectivity index (χ4v) is 5.20. The second kappa shape index (κ2) is 12.0. The first kappa shape index (κ1) is 23.5. The molecule has 0 atom stereocenters. The molecule has 0 saturated heterocycles. The first-order valence-corrected chi connectivity index (χ1v) is 12.1. The van der Waals surface area contributed by atoms with Gasteiger partial charge in [0.2, 0.25) is 0 Å². The molecule has 2 saturated carbocycles. The molecule has 0 heterocycles. The first-order valence-electron chi connectivity index (χ1n) is 12.1. The van der Waals surface area contributed by atoms with E-state index in [-0.39, 0.29) is 18.0 Å². The van der Waals surface area contributed by atoms with Gasteiger partial charge in [0.15, 0.2) is 5.83 Å². The molecule has 0 N–H and O–H groups in total. The van der Waals surface area contributed by atoms with Gasteiger partial charge in [-0.05, 0) is 99.7 Å². The summed E-state index contributed by atoms with van der Waals surface area (Å²) in [5.41, 5.74) is 2.82. The molecule has 0 spiro atoms. The van der Waals surface area contributed by atoms with Gasteiger partial charge in [-0.1, -0.05) is 37.6 Å². The van der Waals surface area contributed by atoms with Crippen molar-refractivity contribution in [3.8, 4) is 6.07 Å². The minimum Gasteiger partial charge on any atom is -0.462 e. The molecule has 168 valence electrons. The number of aryl methyl sites for hydroxylation is 1. The predicted octanol–water partition coefficient (Wildman–Crippen LogP) is 7.17. The van der Waals surface area contributed by atoms with Crippen LogP contribution in [-0.2, 0) is 16.0 Å². The summed E-state index contributed by atoms with van der Waals surface area (Å²) in [7, 11) is 0. The van der Waals surface area contributed by atoms with Crippen molar-refractivity contribution in [1.82, 2.24) is 0 Å². The zero-order chi connectivity index (χ0) is 22.1. The topological polar surface area (TPSA) is 50.1 Å². The largest absolute Gasteiger partial charge is 0.462 e. The highest BCUT2D eigenvalue weighted by molar-refractivity contribution is 5.72. The lowest BCUT2D eigenvalue weighted by Gasteiger charge is -2.31. The Morgan fingerprint density at radius 3 is 2.39 bits per heavy atom. The van der Waals surface area contributed by atoms with Crippen LogP contribution in [-0.4, -0.2) is 12.1 Å². The third kappa shape index (κ3) is 7.20. The fraction of sp³-hybridized carbons (Fsp3) is 0.630. The third-order valence-electron chi connectivity index (χ3n) is 7.13. The number of hydrogen-bond donors (Lipinski definition) is 0. The number of benzene rings is 1. The van der Waals surface area contributed by atoms with Crippen molar-refractivity contribution < 1.29 is 13.9 Å². The number of halogens is 1. The number of carbonyl (C=O) groups excluding carboxylic acids is 1. The van der Waals surface area contributed by atoms with Gasteiger partial charge in [0.25, 0.3) is 0 Å². The molecule has 3 nitrogen and oxygen atoms in total. The summed E-state index contributed by atoms with van der Waals surface area (Å²) in [5.74, 6) is 0.462. The summed E-state index contributed by atoms with van der Waals surface area (Å²) < 4.78 is 18.7. The predicted molar refractivity (Wildman–Crippen MR) is 121 cm³/mol. The number of rotatable bonds is 8. The van der Waals surface area contributed by atoms with Crippen molar-refractivity contribution in [3.05, 3.63) is 47.3 Å². The highest BCUT2D eigenvalue weighted by Crippen LogP contribution is 2.37. The number of esters is 1. The monoisotopic (exact) mass is 425 g/mol. The van der Waals surface area contributed by atoms with Gasteiger partial charge < -0.3 is 4.74 Å². The number of nitrogens with zero attached hydrogens (tertiary/aromatic N) is 1. The molecule has 1 aromatic carbocycles. The minimum absolute atomic E-state index is 0.000724. The summed E-state index contributed by atoms with van der Waals surface area (Å²) >= 11 is 0. The summed E-state index contributed by atoms with van der Waals surface area (Å²) in [6.07, 6.45) is 13.0. The van der Waals surface area contributed by atoms with Crippen LogP contribution in [0.4, 0.5) is 4.39 Å². The molecule has 0 bridgehead atoms. The third-order valence-corrected chi connectivity index (χ3v) is 7.13. The Morgan fingerprint density at radius 1 is 1.10 bits per heavy atom. The Labute approximate surface area is 186 Å². The molecule has 0 amide bonds. The van der Waals surface area contributed by atoms with Gasteiger partial charge in [0, 0.05) is 0 Å². The molecule has 0 unspecified atom stereocenters. The number of hydrogen-bond acceptors (Lipinski definition) is 3. The van der Waals surface area contributed by atoms with Gasteiger partial charge in [-0.2, -0.15) is 9.65 Å². The maximum atomic E-state index is 12.9. The van der Waals surface area contributed by atoms with E-state index in [4.69, 9.17) is 10.00 Å². The van der Waals surface area contributed by atoms with Crippen LogP contribution in [0.15, 0.2) is 36.2 Å². The zero-order valence-corrected chi connectivity index (χ0v) is 18.8. The highest BCUT2D eigenvalue weighted by atomic mass is 19.1. The SMILES string of the molecule is CCCc1ccc(C2CCC(C(=O)OC3CCC(CC/C=C(/F)C#N)CC3)CC2)cc1. The molecular formula is C27H36FNO2. The molecule has 4 heteroatoms. The molecule has 0 radical (unpaired) electrons. The molecule has 0 aromatic heterocycles. The number of nitriles is 1. The molecule has 2 aliphatic carbocycles. The molecule has 0 aliphatic heterocycles. The Balaban J connectivity index is 1.36. The smallest absolute Gasteiger partial charge is 0.309 e. The normalized spacial score (nSPS) is 26.8. The van der Waals surface area contributed by atoms with Crippen molar-refractivity contribution >= 4 is 5.97 Å². The maximum Gasteiger partial charge on any atom is 0.309 e. The van der Waals surface area contributed by atoms with E-state index in [9.17, 15) is 9.18 Å². The van der Waals surface area contributed by atoms with Crippen LogP contribution >= 0.6 is 0 Å². The molecule has 31 heavy (non-hydrogen) atoms. The van der Waals surface area contributed by atoms with Gasteiger partial charge >= 0.3 is 5.97 Å². The van der Waals surface area contributed by atoms with E-state index in [0.29, 0.717) is 18.3 Å². The first-order chi connectivity index (χ1) is 15.1. The highest BCUT2D eigenvalue weighted by Gasteiger charge is 2.31. The van der Waals surface area contributed by atoms with Crippen LogP contribution in [0.2, 0.25) is 0 Å². The van der Waals surface area contributed by atoms with Crippen molar-refractivity contribution in [2.45, 2.75) is 96.0 Å². The van der Waals surface area contributed by atoms with E-state index in [1.807, 2.05) is 0 Å². The summed E-state index contributed by atoms with van der Waals surface area (Å²) in [6.45, 7) is 2.21. The molecule has 3 rings (SSSR count). The fourth-order valence-electron chi connectivity index (χ4n) is 5.20. The molecule has 2 fully saturated rings. The van der Waals surface area contributed by atoms with Crippen LogP contribution in [0, 0.1) is 23.2 Å². The van der Waals surface area contributed by atoms with Crippen molar-refractivity contribution in [2.24, 2.45) is 11.8 Å². The molecule has 2 aliphatic rings. The number of ether oxygens (including phenoxy) is 1. The lowest BCUT2D eigenvalue weighted by Crippen LogP contribution is -2.29. The maximum absolute atomic E-state index is 12.9. The second-order valence-corrected chi connectivity index (χ2v) is 9.36. The van der Waals surface area contributed by atoms with E-state index < -0.39 is 5.83 Å². The lowest BCUT2D eigenvalue weighted by atomic mass is 9.78. The van der Waals surface area contributed by atoms with Crippen LogP contribution in [0.25, 0.3) is 0 Å². The zero-order valence-electron chi connectivity index (χ0n) is 18.8. The van der Waals surface area contributed by atoms with Gasteiger partial charge in [-0.25, -0.2) is 0 Å². The van der Waals surface area contributed by atoms with Crippen molar-refractivity contribution in [2.75, 3.05) is 0 Å². The van der Waals surface area contributed by atoms with E-state index in [0.717, 1.165) is 64.2 Å². The Hall–Kier alpha value is -2.15. The average Bonchev–Trinajstić information content (AvgIpc) is 2.81. The van der Waals surface area contributed by atoms with Gasteiger partial charge in [-0.3, -0.25) is 4.79 Å².